The Morgan fingerprint density at radius 3 is 1.32 bits per heavy atom. The van der Waals surface area contributed by atoms with Gasteiger partial charge in [0.25, 0.3) is 0 Å². The number of rotatable bonds is 2. The minimum Gasteiger partial charge on any atom is -0.507 e. The molecule has 1 aliphatic heterocycles. The lowest BCUT2D eigenvalue weighted by Crippen LogP contribution is -2.21. The number of hydrogen-bond donors (Lipinski definition) is 3. The first-order valence-electron chi connectivity index (χ1n) is 11.7. The molecular weight excluding hydrogens is 382 g/mol. The number of phenols is 2. The van der Waals surface area contributed by atoms with Gasteiger partial charge in [-0.05, 0) is 72.9 Å². The van der Waals surface area contributed by atoms with E-state index < -0.39 is 0 Å². The maximum absolute atomic E-state index is 10.8. The predicted octanol–water partition coefficient (Wildman–Crippen LogP) is 6.66. The maximum atomic E-state index is 10.8. The number of aromatic hydroxyl groups is 2. The fourth-order valence-electron chi connectivity index (χ4n) is 4.13. The Hall–Kier alpha value is -2.00. The molecule has 0 spiro atoms. The summed E-state index contributed by atoms with van der Waals surface area (Å²) in [6.45, 7) is 19.2. The van der Waals surface area contributed by atoms with E-state index in [4.69, 9.17) is 0 Å². The van der Waals surface area contributed by atoms with E-state index in [2.05, 4.69) is 72.8 Å². The molecule has 2 aromatic rings. The molecule has 1 fully saturated rings. The Balaban J connectivity index is 0.000000488. The molecule has 3 rings (SSSR count). The van der Waals surface area contributed by atoms with Gasteiger partial charge in [-0.15, -0.1) is 0 Å². The van der Waals surface area contributed by atoms with Gasteiger partial charge in [0.1, 0.15) is 11.5 Å². The lowest BCUT2D eigenvalue weighted by atomic mass is 9.81. The standard InChI is InChI=1S/C23H32O2.C5H11N/c1-14-9-16(20(24)18(11-14)22(3,4)5)13-17-10-15(2)12-19(21(17)25)23(6,7)8;1-2-4-6-5-3-1/h9-12,24-25H,13H2,1-8H3;6H,1-5H2. The highest BCUT2D eigenvalue weighted by molar-refractivity contribution is 5.53. The zero-order valence-electron chi connectivity index (χ0n) is 20.9. The fourth-order valence-corrected chi connectivity index (χ4v) is 4.13. The average Bonchev–Trinajstić information content (AvgIpc) is 2.67. The molecule has 31 heavy (non-hydrogen) atoms. The molecule has 1 aliphatic rings. The summed E-state index contributed by atoms with van der Waals surface area (Å²) in [6.07, 6.45) is 4.74. The maximum Gasteiger partial charge on any atom is 0.122 e. The fraction of sp³-hybridized carbons (Fsp3) is 0.571. The van der Waals surface area contributed by atoms with Crippen molar-refractivity contribution in [1.82, 2.24) is 5.32 Å². The van der Waals surface area contributed by atoms with Crippen LogP contribution in [0.15, 0.2) is 24.3 Å². The molecule has 0 radical (unpaired) electrons. The van der Waals surface area contributed by atoms with Gasteiger partial charge in [-0.2, -0.15) is 0 Å². The molecular formula is C28H43NO2. The third-order valence-corrected chi connectivity index (χ3v) is 5.87. The Morgan fingerprint density at radius 1 is 0.677 bits per heavy atom. The number of piperidine rings is 1. The molecule has 0 saturated carbocycles. The third-order valence-electron chi connectivity index (χ3n) is 5.87. The van der Waals surface area contributed by atoms with Crippen LogP contribution < -0.4 is 5.32 Å². The second kappa shape index (κ2) is 10.1. The minimum absolute atomic E-state index is 0.129. The zero-order chi connectivity index (χ0) is 23.4. The molecule has 0 aliphatic carbocycles. The highest BCUT2D eigenvalue weighted by Crippen LogP contribution is 2.39. The number of phenolic OH excluding ortho intramolecular Hbond substituents is 2. The van der Waals surface area contributed by atoms with Gasteiger partial charge in [-0.3, -0.25) is 0 Å². The van der Waals surface area contributed by atoms with E-state index in [9.17, 15) is 10.2 Å². The monoisotopic (exact) mass is 425 g/mol. The first-order valence-corrected chi connectivity index (χ1v) is 11.7. The van der Waals surface area contributed by atoms with Gasteiger partial charge in [0, 0.05) is 6.42 Å². The summed E-state index contributed by atoms with van der Waals surface area (Å²) >= 11 is 0. The zero-order valence-corrected chi connectivity index (χ0v) is 20.9. The molecule has 3 heteroatoms. The predicted molar refractivity (Wildman–Crippen MR) is 133 cm³/mol. The average molecular weight is 426 g/mol. The van der Waals surface area contributed by atoms with Crippen LogP contribution in [0.1, 0.15) is 94.2 Å². The van der Waals surface area contributed by atoms with Crippen LogP contribution in [-0.4, -0.2) is 23.3 Å². The van der Waals surface area contributed by atoms with E-state index in [0.717, 1.165) is 33.4 Å². The number of nitrogens with one attached hydrogen (secondary N) is 1. The largest absolute Gasteiger partial charge is 0.507 e. The van der Waals surface area contributed by atoms with Crippen LogP contribution in [0.2, 0.25) is 0 Å². The molecule has 1 saturated heterocycles. The number of hydrogen-bond acceptors (Lipinski definition) is 3. The summed E-state index contributed by atoms with van der Waals surface area (Å²) in [5.74, 6) is 0.688. The normalized spacial score (nSPS) is 14.7. The highest BCUT2D eigenvalue weighted by Gasteiger charge is 2.24. The van der Waals surface area contributed by atoms with Crippen molar-refractivity contribution in [2.75, 3.05) is 13.1 Å². The van der Waals surface area contributed by atoms with Crippen molar-refractivity contribution in [2.24, 2.45) is 0 Å². The van der Waals surface area contributed by atoms with E-state index in [1.807, 2.05) is 12.1 Å². The van der Waals surface area contributed by atoms with Crippen molar-refractivity contribution >= 4 is 0 Å². The van der Waals surface area contributed by atoms with E-state index >= 15 is 0 Å². The van der Waals surface area contributed by atoms with E-state index in [1.165, 1.54) is 32.4 Å². The van der Waals surface area contributed by atoms with Crippen molar-refractivity contribution in [1.29, 1.82) is 0 Å². The summed E-state index contributed by atoms with van der Waals surface area (Å²) in [6, 6.07) is 8.14. The van der Waals surface area contributed by atoms with E-state index in [1.54, 1.807) is 0 Å². The number of benzene rings is 2. The topological polar surface area (TPSA) is 52.5 Å². The summed E-state index contributed by atoms with van der Waals surface area (Å²) in [7, 11) is 0. The van der Waals surface area contributed by atoms with Gasteiger partial charge in [-0.1, -0.05) is 83.4 Å². The van der Waals surface area contributed by atoms with Crippen LogP contribution in [0.4, 0.5) is 0 Å². The van der Waals surface area contributed by atoms with Gasteiger partial charge < -0.3 is 15.5 Å². The second-order valence-electron chi connectivity index (χ2n) is 11.1. The molecule has 1 heterocycles. The summed E-state index contributed by atoms with van der Waals surface area (Å²) < 4.78 is 0. The van der Waals surface area contributed by atoms with Crippen molar-refractivity contribution < 1.29 is 10.2 Å². The smallest absolute Gasteiger partial charge is 0.122 e. The van der Waals surface area contributed by atoms with Crippen molar-refractivity contribution in [2.45, 2.75) is 91.9 Å². The second-order valence-corrected chi connectivity index (χ2v) is 11.1. The summed E-state index contributed by atoms with van der Waals surface area (Å²) in [5.41, 5.74) is 5.63. The number of aryl methyl sites for hydroxylation is 2. The lowest BCUT2D eigenvalue weighted by molar-refractivity contribution is 0.435. The Kier molecular flexibility index (Phi) is 8.21. The van der Waals surface area contributed by atoms with E-state index in [0.29, 0.717) is 17.9 Å². The Morgan fingerprint density at radius 2 is 1.06 bits per heavy atom. The molecule has 3 nitrogen and oxygen atoms in total. The molecule has 2 aromatic carbocycles. The molecule has 0 bridgehead atoms. The quantitative estimate of drug-likeness (QED) is 0.504. The van der Waals surface area contributed by atoms with Crippen LogP contribution >= 0.6 is 0 Å². The van der Waals surface area contributed by atoms with Crippen LogP contribution in [0.25, 0.3) is 0 Å². The van der Waals surface area contributed by atoms with Crippen molar-refractivity contribution in [3.8, 4) is 11.5 Å². The third kappa shape index (κ3) is 7.00. The van der Waals surface area contributed by atoms with E-state index in [-0.39, 0.29) is 10.8 Å². The molecule has 0 atom stereocenters. The van der Waals surface area contributed by atoms with Crippen LogP contribution in [0.5, 0.6) is 11.5 Å². The van der Waals surface area contributed by atoms with Crippen LogP contribution in [0.3, 0.4) is 0 Å². The van der Waals surface area contributed by atoms with Gasteiger partial charge in [0.05, 0.1) is 0 Å². The molecule has 3 N–H and O–H groups in total. The van der Waals surface area contributed by atoms with Gasteiger partial charge in [-0.25, -0.2) is 0 Å². The SMILES string of the molecule is C1CCNCC1.Cc1cc(Cc2cc(C)cc(C(C)(C)C)c2O)c(O)c(C(C)(C)C)c1. The summed E-state index contributed by atoms with van der Waals surface area (Å²) in [4.78, 5) is 0. The van der Waals surface area contributed by atoms with Crippen LogP contribution in [-0.2, 0) is 17.3 Å². The first-order chi connectivity index (χ1) is 14.3. The first kappa shape index (κ1) is 25.3. The minimum atomic E-state index is -0.129. The Labute approximate surface area is 189 Å². The molecule has 0 aromatic heterocycles. The molecule has 0 unspecified atom stereocenters. The van der Waals surface area contributed by atoms with Crippen molar-refractivity contribution in [3.05, 3.63) is 57.6 Å². The highest BCUT2D eigenvalue weighted by atomic mass is 16.3. The van der Waals surface area contributed by atoms with Gasteiger partial charge >= 0.3 is 0 Å². The Bertz CT molecular complexity index is 802. The van der Waals surface area contributed by atoms with Crippen molar-refractivity contribution in [3.63, 3.8) is 0 Å². The van der Waals surface area contributed by atoms with Gasteiger partial charge in [0.15, 0.2) is 0 Å². The molecule has 172 valence electrons. The van der Waals surface area contributed by atoms with Gasteiger partial charge in [0.2, 0.25) is 0 Å². The van der Waals surface area contributed by atoms with Crippen LogP contribution in [0, 0.1) is 13.8 Å². The summed E-state index contributed by atoms with van der Waals surface area (Å²) in [5, 5.41) is 24.9. The lowest BCUT2D eigenvalue weighted by Gasteiger charge is -2.25. The molecule has 0 amide bonds.